The minimum absolute atomic E-state index is 0.0524. The molecule has 26 heavy (non-hydrogen) atoms. The van der Waals surface area contributed by atoms with Gasteiger partial charge in [0.2, 0.25) is 0 Å². The molecule has 1 fully saturated rings. The first-order chi connectivity index (χ1) is 12.5. The van der Waals surface area contributed by atoms with Gasteiger partial charge in [-0.1, -0.05) is 51.2 Å². The summed E-state index contributed by atoms with van der Waals surface area (Å²) in [6.45, 7) is 2.40. The zero-order chi connectivity index (χ0) is 18.8. The highest BCUT2D eigenvalue weighted by atomic mass is 31.2. The molecule has 2 rings (SSSR count). The molecule has 1 aliphatic carbocycles. The molecule has 2 unspecified atom stereocenters. The van der Waals surface area contributed by atoms with Crippen LogP contribution in [0.5, 0.6) is 5.75 Å². The number of hydrogen-bond acceptors (Lipinski definition) is 5. The van der Waals surface area contributed by atoms with Gasteiger partial charge in [-0.25, -0.2) is 0 Å². The Balaban J connectivity index is 1.69. The summed E-state index contributed by atoms with van der Waals surface area (Å²) >= 11 is 0. The van der Waals surface area contributed by atoms with Crippen LogP contribution in [0.4, 0.5) is 0 Å². The van der Waals surface area contributed by atoms with Crippen LogP contribution in [0.15, 0.2) is 24.3 Å². The molecule has 1 aliphatic rings. The predicted molar refractivity (Wildman–Crippen MR) is 106 cm³/mol. The summed E-state index contributed by atoms with van der Waals surface area (Å²) in [7, 11) is -2.35. The maximum atomic E-state index is 8.88. The highest BCUT2D eigenvalue weighted by molar-refractivity contribution is 7.39. The molecule has 2 atom stereocenters. The molecule has 0 aromatic heterocycles. The van der Waals surface area contributed by atoms with Crippen molar-refractivity contribution in [2.24, 2.45) is 5.73 Å². The van der Waals surface area contributed by atoms with Crippen molar-refractivity contribution in [3.8, 4) is 5.75 Å². The van der Waals surface area contributed by atoms with E-state index < -0.39 is 14.1 Å². The van der Waals surface area contributed by atoms with Crippen molar-refractivity contribution < 1.29 is 19.0 Å². The highest BCUT2D eigenvalue weighted by Crippen LogP contribution is 2.35. The van der Waals surface area contributed by atoms with Crippen molar-refractivity contribution in [2.45, 2.75) is 82.8 Å². The van der Waals surface area contributed by atoms with E-state index in [-0.39, 0.29) is 12.7 Å². The van der Waals surface area contributed by atoms with Crippen molar-refractivity contribution in [3.63, 3.8) is 0 Å². The molecule has 0 saturated heterocycles. The number of unbranched alkanes of at least 4 members (excludes halogenated alkanes) is 5. The van der Waals surface area contributed by atoms with Gasteiger partial charge in [0.05, 0.1) is 6.61 Å². The molecule has 0 amide bonds. The Morgan fingerprint density at radius 3 is 2.50 bits per heavy atom. The van der Waals surface area contributed by atoms with Crippen LogP contribution in [-0.4, -0.2) is 28.0 Å². The molecule has 6 heteroatoms. The van der Waals surface area contributed by atoms with E-state index >= 15 is 0 Å². The molecule has 0 aliphatic heterocycles. The van der Waals surface area contributed by atoms with Crippen LogP contribution in [0.1, 0.15) is 70.3 Å². The largest absolute Gasteiger partial charge is 0.490 e. The molecular weight excluding hydrogens is 349 g/mol. The summed E-state index contributed by atoms with van der Waals surface area (Å²) in [6.07, 6.45) is 11.4. The molecule has 0 heterocycles. The van der Waals surface area contributed by atoms with Crippen molar-refractivity contribution >= 4 is 8.60 Å². The van der Waals surface area contributed by atoms with Gasteiger partial charge >= 0.3 is 8.60 Å². The van der Waals surface area contributed by atoms with Gasteiger partial charge in [0.15, 0.2) is 0 Å². The average molecular weight is 383 g/mol. The van der Waals surface area contributed by atoms with Crippen LogP contribution in [-0.2, 0) is 10.9 Å². The molecule has 5 nitrogen and oxygen atoms in total. The zero-order valence-corrected chi connectivity index (χ0v) is 16.8. The lowest BCUT2D eigenvalue weighted by atomic mass is 10.0. The topological polar surface area (TPSA) is 84.9 Å². The standard InChI is InChI=1S/C20H34NO4P/c1-2-3-4-5-6-7-8-17-9-11-18(12-10-17)25-19-13-14-20(21,15-19)16-24-26(22)23/h9-12,19,22-23H,2-8,13-16,21H2,1H3. The van der Waals surface area contributed by atoms with Crippen molar-refractivity contribution in [2.75, 3.05) is 6.61 Å². The van der Waals surface area contributed by atoms with Gasteiger partial charge in [-0.2, -0.15) is 0 Å². The van der Waals surface area contributed by atoms with Crippen LogP contribution in [0.25, 0.3) is 0 Å². The van der Waals surface area contributed by atoms with E-state index in [4.69, 9.17) is 24.8 Å². The van der Waals surface area contributed by atoms with E-state index in [9.17, 15) is 0 Å². The van der Waals surface area contributed by atoms with Gasteiger partial charge in [0, 0.05) is 12.0 Å². The van der Waals surface area contributed by atoms with Crippen LogP contribution < -0.4 is 10.5 Å². The zero-order valence-electron chi connectivity index (χ0n) is 15.9. The Morgan fingerprint density at radius 1 is 1.12 bits per heavy atom. The lowest BCUT2D eigenvalue weighted by molar-refractivity contribution is 0.164. The summed E-state index contributed by atoms with van der Waals surface area (Å²) in [5, 5.41) is 0. The molecule has 0 spiro atoms. The lowest BCUT2D eigenvalue weighted by Crippen LogP contribution is -2.42. The summed E-state index contributed by atoms with van der Waals surface area (Å²) in [5.74, 6) is 0.874. The summed E-state index contributed by atoms with van der Waals surface area (Å²) < 4.78 is 11.0. The normalized spacial score (nSPS) is 22.9. The fourth-order valence-corrected chi connectivity index (χ4v) is 3.93. The molecule has 0 radical (unpaired) electrons. The second-order valence-electron chi connectivity index (χ2n) is 7.53. The second kappa shape index (κ2) is 11.2. The first kappa shape index (κ1) is 21.6. The quantitative estimate of drug-likeness (QED) is 0.367. The number of benzene rings is 1. The summed E-state index contributed by atoms with van der Waals surface area (Å²) in [6, 6.07) is 8.39. The van der Waals surface area contributed by atoms with Crippen molar-refractivity contribution in [1.29, 1.82) is 0 Å². The Morgan fingerprint density at radius 2 is 1.81 bits per heavy atom. The molecule has 148 valence electrons. The predicted octanol–water partition coefficient (Wildman–Crippen LogP) is 4.45. The third-order valence-electron chi connectivity index (χ3n) is 5.11. The van der Waals surface area contributed by atoms with Gasteiger partial charge in [0.1, 0.15) is 11.9 Å². The molecular formula is C20H34NO4P. The third-order valence-corrected chi connectivity index (χ3v) is 5.47. The SMILES string of the molecule is CCCCCCCCc1ccc(OC2CCC(N)(COP(O)O)C2)cc1. The van der Waals surface area contributed by atoms with Crippen LogP contribution in [0.3, 0.4) is 0 Å². The van der Waals surface area contributed by atoms with Crippen molar-refractivity contribution in [3.05, 3.63) is 29.8 Å². The minimum Gasteiger partial charge on any atom is -0.490 e. The number of ether oxygens (including phenoxy) is 1. The van der Waals surface area contributed by atoms with Gasteiger partial charge in [-0.15, -0.1) is 0 Å². The van der Waals surface area contributed by atoms with E-state index in [1.54, 1.807) is 0 Å². The smallest absolute Gasteiger partial charge is 0.327 e. The van der Waals surface area contributed by atoms with E-state index in [0.29, 0.717) is 6.42 Å². The van der Waals surface area contributed by atoms with Gasteiger partial charge < -0.3 is 24.8 Å². The van der Waals surface area contributed by atoms with Gasteiger partial charge in [-0.05, 0) is 43.4 Å². The summed E-state index contributed by atoms with van der Waals surface area (Å²) in [4.78, 5) is 17.8. The molecule has 1 saturated carbocycles. The number of aryl methyl sites for hydroxylation is 1. The van der Waals surface area contributed by atoms with Crippen molar-refractivity contribution in [1.82, 2.24) is 0 Å². The summed E-state index contributed by atoms with van der Waals surface area (Å²) in [5.41, 5.74) is 7.08. The minimum atomic E-state index is -2.35. The van der Waals surface area contributed by atoms with E-state index in [1.807, 2.05) is 12.1 Å². The average Bonchev–Trinajstić information content (AvgIpc) is 2.99. The maximum absolute atomic E-state index is 8.88. The Kier molecular flexibility index (Phi) is 9.30. The van der Waals surface area contributed by atoms with Gasteiger partial charge in [0.25, 0.3) is 0 Å². The number of rotatable bonds is 12. The number of hydrogen-bond donors (Lipinski definition) is 3. The van der Waals surface area contributed by atoms with Crippen LogP contribution in [0.2, 0.25) is 0 Å². The lowest BCUT2D eigenvalue weighted by Gasteiger charge is -2.24. The molecule has 0 bridgehead atoms. The monoisotopic (exact) mass is 383 g/mol. The fourth-order valence-electron chi connectivity index (χ4n) is 3.56. The maximum Gasteiger partial charge on any atom is 0.327 e. The number of nitrogens with two attached hydrogens (primary N) is 1. The Labute approximate surface area is 158 Å². The Hall–Kier alpha value is -0.710. The highest BCUT2D eigenvalue weighted by Gasteiger charge is 2.37. The van der Waals surface area contributed by atoms with E-state index in [1.165, 1.54) is 44.1 Å². The molecule has 1 aromatic carbocycles. The first-order valence-electron chi connectivity index (χ1n) is 9.86. The van der Waals surface area contributed by atoms with Crippen LogP contribution in [0, 0.1) is 0 Å². The second-order valence-corrected chi connectivity index (χ2v) is 8.30. The van der Waals surface area contributed by atoms with E-state index in [2.05, 4.69) is 19.1 Å². The fraction of sp³-hybridized carbons (Fsp3) is 0.700. The van der Waals surface area contributed by atoms with Gasteiger partial charge in [-0.3, -0.25) is 0 Å². The third kappa shape index (κ3) is 7.89. The van der Waals surface area contributed by atoms with E-state index in [0.717, 1.165) is 25.0 Å². The Bertz CT molecular complexity index is 511. The molecule has 1 aromatic rings. The first-order valence-corrected chi connectivity index (χ1v) is 11.0. The molecule has 4 N–H and O–H groups in total. The van der Waals surface area contributed by atoms with Crippen LogP contribution >= 0.6 is 8.60 Å².